The van der Waals surface area contributed by atoms with Crippen molar-refractivity contribution in [3.8, 4) is 0 Å². The van der Waals surface area contributed by atoms with E-state index in [2.05, 4.69) is 19.9 Å². The zero-order valence-corrected chi connectivity index (χ0v) is 18.5. The van der Waals surface area contributed by atoms with Crippen molar-refractivity contribution in [1.29, 1.82) is 0 Å². The molecule has 2 N–H and O–H groups in total. The minimum atomic E-state index is -4.49. The van der Waals surface area contributed by atoms with Gasteiger partial charge in [-0.25, -0.2) is 4.98 Å². The molecule has 0 spiro atoms. The molecule has 0 bridgehead atoms. The molecule has 174 valence electrons. The predicted molar refractivity (Wildman–Crippen MR) is 120 cm³/mol. The number of nitrogens with two attached hydrogens (primary N) is 1. The number of pyridine rings is 2. The van der Waals surface area contributed by atoms with Gasteiger partial charge in [0.05, 0.1) is 47.4 Å². The Bertz CT molecular complexity index is 1340. The molecule has 0 aliphatic carbocycles. The molecule has 0 unspecified atom stereocenters. The van der Waals surface area contributed by atoms with Crippen LogP contribution in [0.2, 0.25) is 0 Å². The third kappa shape index (κ3) is 5.11. The second-order valence-electron chi connectivity index (χ2n) is 7.94. The van der Waals surface area contributed by atoms with Gasteiger partial charge in [0, 0.05) is 23.3 Å². The monoisotopic (exact) mass is 466 g/mol. The van der Waals surface area contributed by atoms with E-state index in [0.717, 1.165) is 28.9 Å². The van der Waals surface area contributed by atoms with Crippen molar-refractivity contribution in [2.24, 2.45) is 0 Å². The predicted octanol–water partition coefficient (Wildman–Crippen LogP) is 4.48. The van der Waals surface area contributed by atoms with Gasteiger partial charge in [-0.2, -0.15) is 13.2 Å². The number of fused-ring (bicyclic) bond motifs is 1. The van der Waals surface area contributed by atoms with Crippen molar-refractivity contribution in [2.75, 3.05) is 5.73 Å². The number of anilines is 1. The number of hydrogen-bond donors (Lipinski definition) is 1. The highest BCUT2D eigenvalue weighted by Gasteiger charge is 2.30. The highest BCUT2D eigenvalue weighted by molar-refractivity contribution is 5.98. The van der Waals surface area contributed by atoms with Crippen LogP contribution in [0.15, 0.2) is 55.0 Å². The Morgan fingerprint density at radius 2 is 1.68 bits per heavy atom. The SMILES string of the molecule is Cc1cnc(CN(Cc2ccc(C(F)(F)F)cn2)C(=O)c2ccc3nc(N)c(C)cc3c2)cn1. The summed E-state index contributed by atoms with van der Waals surface area (Å²) in [5.74, 6) is 0.0833. The number of aromatic nitrogens is 4. The fourth-order valence-corrected chi connectivity index (χ4v) is 3.39. The number of nitrogens with zero attached hydrogens (tertiary/aromatic N) is 5. The molecule has 0 aliphatic heterocycles. The molecule has 0 radical (unpaired) electrons. The second kappa shape index (κ2) is 9.05. The molecule has 0 saturated heterocycles. The topological polar surface area (TPSA) is 97.9 Å². The standard InChI is InChI=1S/C24H21F3N6O/c1-14-7-17-8-16(3-6-21(17)32-22(14)28)23(34)33(13-20-11-29-15(2)9-30-20)12-19-5-4-18(10-31-19)24(25,26)27/h3-11H,12-13H2,1-2H3,(H2,28,32). The van der Waals surface area contributed by atoms with Crippen molar-refractivity contribution in [3.05, 3.63) is 88.8 Å². The largest absolute Gasteiger partial charge is 0.417 e. The van der Waals surface area contributed by atoms with E-state index in [1.54, 1.807) is 37.5 Å². The number of carbonyl (C=O) groups excluding carboxylic acids is 1. The quantitative estimate of drug-likeness (QED) is 0.466. The molecule has 0 saturated carbocycles. The Kier molecular flexibility index (Phi) is 6.14. The Labute approximate surface area is 193 Å². The van der Waals surface area contributed by atoms with E-state index >= 15 is 0 Å². The number of aryl methyl sites for hydroxylation is 2. The smallest absolute Gasteiger partial charge is 0.383 e. The van der Waals surface area contributed by atoms with Gasteiger partial charge in [0.25, 0.3) is 5.91 Å². The molecule has 0 aliphatic rings. The molecule has 4 aromatic rings. The normalized spacial score (nSPS) is 11.6. The van der Waals surface area contributed by atoms with Crippen LogP contribution in [0.1, 0.15) is 38.6 Å². The van der Waals surface area contributed by atoms with Crippen molar-refractivity contribution in [1.82, 2.24) is 24.8 Å². The van der Waals surface area contributed by atoms with E-state index in [-0.39, 0.29) is 19.0 Å². The van der Waals surface area contributed by atoms with Gasteiger partial charge in [0.1, 0.15) is 5.82 Å². The van der Waals surface area contributed by atoms with E-state index in [1.807, 2.05) is 13.0 Å². The van der Waals surface area contributed by atoms with Crippen molar-refractivity contribution in [3.63, 3.8) is 0 Å². The molecule has 1 aromatic carbocycles. The molecule has 7 nitrogen and oxygen atoms in total. The molecule has 34 heavy (non-hydrogen) atoms. The molecular formula is C24H21F3N6O. The maximum Gasteiger partial charge on any atom is 0.417 e. The van der Waals surface area contributed by atoms with Gasteiger partial charge in [-0.3, -0.25) is 19.7 Å². The van der Waals surface area contributed by atoms with E-state index in [1.165, 1.54) is 11.0 Å². The molecule has 4 rings (SSSR count). The van der Waals surface area contributed by atoms with Gasteiger partial charge < -0.3 is 10.6 Å². The Hall–Kier alpha value is -4.08. The van der Waals surface area contributed by atoms with Crippen molar-refractivity contribution in [2.45, 2.75) is 33.1 Å². The third-order valence-corrected chi connectivity index (χ3v) is 5.27. The number of nitrogen functional groups attached to an aromatic ring is 1. The van der Waals surface area contributed by atoms with Crippen molar-refractivity contribution < 1.29 is 18.0 Å². The first kappa shape index (κ1) is 23.1. The molecule has 3 heterocycles. The third-order valence-electron chi connectivity index (χ3n) is 5.27. The zero-order valence-electron chi connectivity index (χ0n) is 18.5. The van der Waals surface area contributed by atoms with E-state index in [0.29, 0.717) is 28.3 Å². The number of carbonyl (C=O) groups is 1. The van der Waals surface area contributed by atoms with Crippen LogP contribution in [0.3, 0.4) is 0 Å². The van der Waals surface area contributed by atoms with Gasteiger partial charge in [-0.05, 0) is 55.8 Å². The van der Waals surface area contributed by atoms with E-state index in [4.69, 9.17) is 5.73 Å². The lowest BCUT2D eigenvalue weighted by Crippen LogP contribution is -2.31. The molecule has 1 amide bonds. The highest BCUT2D eigenvalue weighted by atomic mass is 19.4. The van der Waals surface area contributed by atoms with Crippen LogP contribution in [0.5, 0.6) is 0 Å². The summed E-state index contributed by atoms with van der Waals surface area (Å²) in [7, 11) is 0. The van der Waals surface area contributed by atoms with E-state index in [9.17, 15) is 18.0 Å². The average Bonchev–Trinajstić information content (AvgIpc) is 2.80. The van der Waals surface area contributed by atoms with Crippen LogP contribution in [0, 0.1) is 13.8 Å². The summed E-state index contributed by atoms with van der Waals surface area (Å²) in [6.07, 6.45) is -0.576. The fourth-order valence-electron chi connectivity index (χ4n) is 3.39. The number of halogens is 3. The average molecular weight is 466 g/mol. The second-order valence-corrected chi connectivity index (χ2v) is 7.94. The van der Waals surface area contributed by atoms with Crippen LogP contribution >= 0.6 is 0 Å². The summed E-state index contributed by atoms with van der Waals surface area (Å²) in [5.41, 5.74) is 8.44. The summed E-state index contributed by atoms with van der Waals surface area (Å²) in [5, 5.41) is 0.750. The maximum atomic E-state index is 13.5. The number of rotatable bonds is 5. The van der Waals surface area contributed by atoms with E-state index < -0.39 is 11.7 Å². The molecule has 0 fully saturated rings. The van der Waals surface area contributed by atoms with Gasteiger partial charge in [-0.1, -0.05) is 0 Å². The summed E-state index contributed by atoms with van der Waals surface area (Å²) in [6.45, 7) is 3.72. The number of benzene rings is 1. The fraction of sp³-hybridized carbons (Fsp3) is 0.208. The summed E-state index contributed by atoms with van der Waals surface area (Å²) < 4.78 is 38.7. The summed E-state index contributed by atoms with van der Waals surface area (Å²) in [4.78, 5) is 31.7. The highest BCUT2D eigenvalue weighted by Crippen LogP contribution is 2.28. The first-order valence-electron chi connectivity index (χ1n) is 10.4. The Balaban J connectivity index is 1.66. The molecule has 10 heteroatoms. The lowest BCUT2D eigenvalue weighted by atomic mass is 10.1. The summed E-state index contributed by atoms with van der Waals surface area (Å²) >= 11 is 0. The van der Waals surface area contributed by atoms with Crippen LogP contribution in [-0.2, 0) is 19.3 Å². The lowest BCUT2D eigenvalue weighted by molar-refractivity contribution is -0.137. The maximum absolute atomic E-state index is 13.5. The number of alkyl halides is 3. The zero-order chi connectivity index (χ0) is 24.5. The minimum Gasteiger partial charge on any atom is -0.383 e. The van der Waals surface area contributed by atoms with Gasteiger partial charge in [0.15, 0.2) is 0 Å². The van der Waals surface area contributed by atoms with Gasteiger partial charge in [-0.15, -0.1) is 0 Å². The molecule has 0 atom stereocenters. The summed E-state index contributed by atoms with van der Waals surface area (Å²) in [6, 6.07) is 9.12. The van der Waals surface area contributed by atoms with Gasteiger partial charge in [0.2, 0.25) is 0 Å². The Morgan fingerprint density at radius 3 is 2.32 bits per heavy atom. The Morgan fingerprint density at radius 1 is 0.941 bits per heavy atom. The number of amides is 1. The molecule has 3 aromatic heterocycles. The van der Waals surface area contributed by atoms with Crippen molar-refractivity contribution >= 4 is 22.6 Å². The lowest BCUT2D eigenvalue weighted by Gasteiger charge is -2.22. The van der Waals surface area contributed by atoms with Crippen LogP contribution in [0.25, 0.3) is 10.9 Å². The van der Waals surface area contributed by atoms with Crippen LogP contribution in [-0.4, -0.2) is 30.7 Å². The van der Waals surface area contributed by atoms with Crippen LogP contribution in [0.4, 0.5) is 19.0 Å². The number of hydrogen-bond acceptors (Lipinski definition) is 6. The van der Waals surface area contributed by atoms with Crippen LogP contribution < -0.4 is 5.73 Å². The minimum absolute atomic E-state index is 0.0103. The van der Waals surface area contributed by atoms with Gasteiger partial charge >= 0.3 is 6.18 Å². The molecular weight excluding hydrogens is 445 g/mol. The first-order chi connectivity index (χ1) is 16.1. The first-order valence-corrected chi connectivity index (χ1v) is 10.4.